The first kappa shape index (κ1) is 13.9. The van der Waals surface area contributed by atoms with E-state index in [1.807, 2.05) is 19.3 Å². The van der Waals surface area contributed by atoms with Gasteiger partial charge in [-0.3, -0.25) is 4.90 Å². The quantitative estimate of drug-likeness (QED) is 0.933. The summed E-state index contributed by atoms with van der Waals surface area (Å²) >= 11 is 0. The van der Waals surface area contributed by atoms with Gasteiger partial charge in [0.15, 0.2) is 0 Å². The van der Waals surface area contributed by atoms with Gasteiger partial charge in [-0.25, -0.2) is 4.98 Å². The molecule has 4 nitrogen and oxygen atoms in total. The number of para-hydroxylation sites is 1. The number of rotatable bonds is 4. The molecule has 0 unspecified atom stereocenters. The largest absolute Gasteiger partial charge is 0.373 e. The van der Waals surface area contributed by atoms with Crippen molar-refractivity contribution >= 4 is 11.5 Å². The molecule has 1 saturated heterocycles. The maximum atomic E-state index is 4.38. The summed E-state index contributed by atoms with van der Waals surface area (Å²) in [6, 6.07) is 14.8. The summed E-state index contributed by atoms with van der Waals surface area (Å²) in [4.78, 5) is 9.33. The normalized spacial score (nSPS) is 16.0. The van der Waals surface area contributed by atoms with Crippen molar-refractivity contribution in [3.63, 3.8) is 0 Å². The first-order valence-corrected chi connectivity index (χ1v) is 7.51. The Labute approximate surface area is 126 Å². The first-order chi connectivity index (χ1) is 10.4. The minimum atomic E-state index is 0.965. The first-order valence-electron chi connectivity index (χ1n) is 7.51. The molecule has 1 aromatic heterocycles. The molecule has 21 heavy (non-hydrogen) atoms. The number of nitrogens with zero attached hydrogens (tertiary/aromatic N) is 3. The smallest absolute Gasteiger partial charge is 0.130 e. The van der Waals surface area contributed by atoms with E-state index in [0.717, 1.165) is 38.5 Å². The number of piperazine rings is 1. The molecule has 3 rings (SSSR count). The van der Waals surface area contributed by atoms with Gasteiger partial charge in [-0.2, -0.15) is 0 Å². The van der Waals surface area contributed by atoms with Crippen molar-refractivity contribution in [3.05, 3.63) is 54.2 Å². The number of hydrogen-bond acceptors (Lipinski definition) is 4. The molecule has 2 aromatic rings. The van der Waals surface area contributed by atoms with Crippen LogP contribution in [0.5, 0.6) is 0 Å². The Hall–Kier alpha value is -2.07. The number of nitrogens with one attached hydrogen (secondary N) is 1. The van der Waals surface area contributed by atoms with E-state index < -0.39 is 0 Å². The zero-order chi connectivity index (χ0) is 14.5. The second kappa shape index (κ2) is 6.59. The summed E-state index contributed by atoms with van der Waals surface area (Å²) in [5.41, 5.74) is 2.60. The van der Waals surface area contributed by atoms with Crippen LogP contribution in [0.2, 0.25) is 0 Å². The van der Waals surface area contributed by atoms with E-state index in [9.17, 15) is 0 Å². The van der Waals surface area contributed by atoms with Crippen molar-refractivity contribution in [2.75, 3.05) is 43.4 Å². The summed E-state index contributed by atoms with van der Waals surface area (Å²) in [6.07, 6.45) is 1.84. The number of benzene rings is 1. The van der Waals surface area contributed by atoms with Crippen LogP contribution in [0.3, 0.4) is 0 Å². The number of pyridine rings is 1. The molecule has 4 heteroatoms. The van der Waals surface area contributed by atoms with Gasteiger partial charge in [-0.15, -0.1) is 0 Å². The van der Waals surface area contributed by atoms with E-state index in [-0.39, 0.29) is 0 Å². The fraction of sp³-hybridized carbons (Fsp3) is 0.353. The van der Waals surface area contributed by atoms with Gasteiger partial charge in [0.1, 0.15) is 5.82 Å². The van der Waals surface area contributed by atoms with Crippen LogP contribution in [0.25, 0.3) is 0 Å². The van der Waals surface area contributed by atoms with E-state index in [1.54, 1.807) is 0 Å². The third-order valence-corrected chi connectivity index (χ3v) is 4.02. The topological polar surface area (TPSA) is 31.4 Å². The average molecular weight is 282 g/mol. The Bertz CT molecular complexity index is 562. The van der Waals surface area contributed by atoms with Gasteiger partial charge < -0.3 is 10.2 Å². The van der Waals surface area contributed by atoms with Gasteiger partial charge in [0.2, 0.25) is 0 Å². The highest BCUT2D eigenvalue weighted by Crippen LogP contribution is 2.18. The van der Waals surface area contributed by atoms with Crippen molar-refractivity contribution in [2.45, 2.75) is 6.54 Å². The van der Waals surface area contributed by atoms with E-state index in [2.05, 4.69) is 56.5 Å². The molecule has 1 aliphatic rings. The number of anilines is 2. The molecule has 2 heterocycles. The predicted octanol–water partition coefficient (Wildman–Crippen LogP) is 2.45. The lowest BCUT2D eigenvalue weighted by molar-refractivity contribution is 0.250. The molecule has 0 amide bonds. The average Bonchev–Trinajstić information content (AvgIpc) is 2.57. The monoisotopic (exact) mass is 282 g/mol. The minimum absolute atomic E-state index is 0.965. The molecule has 1 fully saturated rings. The highest BCUT2D eigenvalue weighted by molar-refractivity contribution is 5.46. The van der Waals surface area contributed by atoms with Crippen LogP contribution >= 0.6 is 0 Å². The molecular weight excluding hydrogens is 260 g/mol. The summed E-state index contributed by atoms with van der Waals surface area (Å²) in [7, 11) is 1.93. The van der Waals surface area contributed by atoms with Gasteiger partial charge in [0, 0.05) is 57.2 Å². The maximum Gasteiger partial charge on any atom is 0.130 e. The van der Waals surface area contributed by atoms with E-state index in [4.69, 9.17) is 0 Å². The lowest BCUT2D eigenvalue weighted by Gasteiger charge is -2.36. The molecule has 0 bridgehead atoms. The van der Waals surface area contributed by atoms with Crippen LogP contribution in [0.15, 0.2) is 48.7 Å². The Morgan fingerprint density at radius 1 is 1.00 bits per heavy atom. The molecule has 1 aliphatic heterocycles. The molecule has 110 valence electrons. The fourth-order valence-corrected chi connectivity index (χ4v) is 2.84. The maximum absolute atomic E-state index is 4.38. The molecule has 0 spiro atoms. The predicted molar refractivity (Wildman–Crippen MR) is 87.7 cm³/mol. The van der Waals surface area contributed by atoms with Crippen LogP contribution in [0.1, 0.15) is 5.56 Å². The molecule has 0 saturated carbocycles. The molecular formula is C17H22N4. The third-order valence-electron chi connectivity index (χ3n) is 4.02. The van der Waals surface area contributed by atoms with Gasteiger partial charge in [-0.05, 0) is 18.2 Å². The summed E-state index contributed by atoms with van der Waals surface area (Å²) in [5.74, 6) is 0.989. The summed E-state index contributed by atoms with van der Waals surface area (Å²) in [5, 5.41) is 3.17. The SMILES string of the molecule is CNc1ncccc1CN1CCN(c2ccccc2)CC1. The van der Waals surface area contributed by atoms with E-state index in [1.165, 1.54) is 11.3 Å². The van der Waals surface area contributed by atoms with Crippen LogP contribution in [0, 0.1) is 0 Å². The molecule has 0 atom stereocenters. The second-order valence-electron chi connectivity index (χ2n) is 5.36. The van der Waals surface area contributed by atoms with Crippen molar-refractivity contribution in [1.29, 1.82) is 0 Å². The number of aromatic nitrogens is 1. The van der Waals surface area contributed by atoms with Crippen LogP contribution < -0.4 is 10.2 Å². The van der Waals surface area contributed by atoms with E-state index >= 15 is 0 Å². The third kappa shape index (κ3) is 3.34. The summed E-state index contributed by atoms with van der Waals surface area (Å²) in [6.45, 7) is 5.31. The zero-order valence-electron chi connectivity index (χ0n) is 12.5. The Morgan fingerprint density at radius 3 is 2.48 bits per heavy atom. The van der Waals surface area contributed by atoms with Gasteiger partial charge in [-0.1, -0.05) is 24.3 Å². The van der Waals surface area contributed by atoms with Gasteiger partial charge in [0.25, 0.3) is 0 Å². The highest BCUT2D eigenvalue weighted by atomic mass is 15.3. The zero-order valence-corrected chi connectivity index (χ0v) is 12.5. The van der Waals surface area contributed by atoms with Crippen molar-refractivity contribution in [1.82, 2.24) is 9.88 Å². The molecule has 0 aliphatic carbocycles. The molecule has 1 aromatic carbocycles. The van der Waals surface area contributed by atoms with Crippen molar-refractivity contribution < 1.29 is 0 Å². The molecule has 1 N–H and O–H groups in total. The standard InChI is InChI=1S/C17H22N4/c1-18-17-15(6-5-9-19-17)14-20-10-12-21(13-11-20)16-7-3-2-4-8-16/h2-9H,10-14H2,1H3,(H,18,19). The molecule has 0 radical (unpaired) electrons. The number of hydrogen-bond donors (Lipinski definition) is 1. The van der Waals surface area contributed by atoms with Crippen LogP contribution in [-0.4, -0.2) is 43.1 Å². The van der Waals surface area contributed by atoms with Gasteiger partial charge >= 0.3 is 0 Å². The van der Waals surface area contributed by atoms with Crippen LogP contribution in [-0.2, 0) is 6.54 Å². The van der Waals surface area contributed by atoms with E-state index in [0.29, 0.717) is 0 Å². The van der Waals surface area contributed by atoms with Gasteiger partial charge in [0.05, 0.1) is 0 Å². The Kier molecular flexibility index (Phi) is 4.36. The van der Waals surface area contributed by atoms with Crippen molar-refractivity contribution in [3.8, 4) is 0 Å². The van der Waals surface area contributed by atoms with Crippen molar-refractivity contribution in [2.24, 2.45) is 0 Å². The minimum Gasteiger partial charge on any atom is -0.373 e. The lowest BCUT2D eigenvalue weighted by atomic mass is 10.2. The second-order valence-corrected chi connectivity index (χ2v) is 5.36. The van der Waals surface area contributed by atoms with Crippen LogP contribution in [0.4, 0.5) is 11.5 Å². The summed E-state index contributed by atoms with van der Waals surface area (Å²) < 4.78 is 0. The lowest BCUT2D eigenvalue weighted by Crippen LogP contribution is -2.46. The Morgan fingerprint density at radius 2 is 1.76 bits per heavy atom. The fourth-order valence-electron chi connectivity index (χ4n) is 2.84. The Balaban J connectivity index is 1.59. The highest BCUT2D eigenvalue weighted by Gasteiger charge is 2.18.